The Morgan fingerprint density at radius 3 is 2.79 bits per heavy atom. The van der Waals surface area contributed by atoms with Gasteiger partial charge in [-0.2, -0.15) is 0 Å². The number of hydrogen-bond acceptors (Lipinski definition) is 5. The molecule has 1 aliphatic rings. The first kappa shape index (κ1) is 18.5. The number of likely N-dealkylation sites (tertiary alicyclic amines) is 1. The van der Waals surface area contributed by atoms with Gasteiger partial charge in [0.1, 0.15) is 11.3 Å². The Kier molecular flexibility index (Phi) is 5.69. The molecule has 7 nitrogen and oxygen atoms in total. The highest BCUT2D eigenvalue weighted by Crippen LogP contribution is 2.29. The number of hydrogen-bond donors (Lipinski definition) is 1. The first-order valence-corrected chi connectivity index (χ1v) is 8.63. The molecule has 132 valence electrons. The molecule has 1 aliphatic heterocycles. The van der Waals surface area contributed by atoms with Gasteiger partial charge in [0, 0.05) is 29.7 Å². The van der Waals surface area contributed by atoms with Gasteiger partial charge in [0.2, 0.25) is 0 Å². The molecule has 1 aromatic carbocycles. The van der Waals surface area contributed by atoms with Crippen molar-refractivity contribution in [3.05, 3.63) is 32.8 Å². The summed E-state index contributed by atoms with van der Waals surface area (Å²) in [5.41, 5.74) is -0.0708. The van der Waals surface area contributed by atoms with Crippen molar-refractivity contribution in [3.63, 3.8) is 0 Å². The summed E-state index contributed by atoms with van der Waals surface area (Å²) in [6.45, 7) is 6.58. The van der Waals surface area contributed by atoms with Crippen LogP contribution in [-0.2, 0) is 4.74 Å². The SMILES string of the molecule is CC(C)(C)OC(=O)N1CCC[C@H](Nc2cc(Br)ccc2[N+](=O)[O-])C1. The number of nitrogens with one attached hydrogen (secondary N) is 1. The zero-order valence-corrected chi connectivity index (χ0v) is 15.6. The van der Waals surface area contributed by atoms with E-state index in [1.54, 1.807) is 17.0 Å². The lowest BCUT2D eigenvalue weighted by molar-refractivity contribution is -0.384. The molecule has 0 aliphatic carbocycles. The third kappa shape index (κ3) is 5.09. The van der Waals surface area contributed by atoms with Gasteiger partial charge in [0.05, 0.1) is 4.92 Å². The van der Waals surface area contributed by atoms with Crippen molar-refractivity contribution in [2.75, 3.05) is 18.4 Å². The van der Waals surface area contributed by atoms with Gasteiger partial charge in [-0.1, -0.05) is 15.9 Å². The van der Waals surface area contributed by atoms with Crippen LogP contribution in [0.4, 0.5) is 16.2 Å². The van der Waals surface area contributed by atoms with E-state index < -0.39 is 10.5 Å². The van der Waals surface area contributed by atoms with Crippen LogP contribution in [0.2, 0.25) is 0 Å². The average Bonchev–Trinajstić information content (AvgIpc) is 2.45. The summed E-state index contributed by atoms with van der Waals surface area (Å²) in [6.07, 6.45) is 1.31. The minimum Gasteiger partial charge on any atom is -0.444 e. The zero-order chi connectivity index (χ0) is 17.9. The fraction of sp³-hybridized carbons (Fsp3) is 0.562. The first-order valence-electron chi connectivity index (χ1n) is 7.84. The Hall–Kier alpha value is -1.83. The molecule has 0 spiro atoms. The van der Waals surface area contributed by atoms with Crippen LogP contribution < -0.4 is 5.32 Å². The number of ether oxygens (including phenoxy) is 1. The normalized spacial score (nSPS) is 18.2. The quantitative estimate of drug-likeness (QED) is 0.608. The topological polar surface area (TPSA) is 84.7 Å². The maximum absolute atomic E-state index is 12.2. The van der Waals surface area contributed by atoms with Crippen molar-refractivity contribution in [1.29, 1.82) is 0 Å². The van der Waals surface area contributed by atoms with Crippen molar-refractivity contribution in [1.82, 2.24) is 4.90 Å². The summed E-state index contributed by atoms with van der Waals surface area (Å²) < 4.78 is 6.16. The fourth-order valence-corrected chi connectivity index (χ4v) is 2.95. The number of nitro benzene ring substituents is 1. The molecule has 1 saturated heterocycles. The van der Waals surface area contributed by atoms with Gasteiger partial charge in [-0.15, -0.1) is 0 Å². The van der Waals surface area contributed by atoms with Crippen molar-refractivity contribution < 1.29 is 14.5 Å². The molecule has 0 radical (unpaired) electrons. The second-order valence-corrected chi connectivity index (χ2v) is 7.74. The number of nitro groups is 1. The molecule has 0 bridgehead atoms. The van der Waals surface area contributed by atoms with Crippen LogP contribution in [0.5, 0.6) is 0 Å². The Morgan fingerprint density at radius 2 is 2.17 bits per heavy atom. The molecule has 1 fully saturated rings. The Balaban J connectivity index is 2.07. The molecule has 24 heavy (non-hydrogen) atoms. The predicted octanol–water partition coefficient (Wildman–Crippen LogP) is 4.17. The lowest BCUT2D eigenvalue weighted by Crippen LogP contribution is -2.47. The van der Waals surface area contributed by atoms with Crippen LogP contribution in [0.3, 0.4) is 0 Å². The number of carbonyl (C=O) groups is 1. The number of rotatable bonds is 3. The van der Waals surface area contributed by atoms with Crippen molar-refractivity contribution in [2.24, 2.45) is 0 Å². The molecular weight excluding hydrogens is 378 g/mol. The molecule has 0 saturated carbocycles. The predicted molar refractivity (Wildman–Crippen MR) is 95.2 cm³/mol. The van der Waals surface area contributed by atoms with Crippen LogP contribution in [0.15, 0.2) is 22.7 Å². The van der Waals surface area contributed by atoms with E-state index in [2.05, 4.69) is 21.2 Å². The number of carbonyl (C=O) groups excluding carboxylic acids is 1. The van der Waals surface area contributed by atoms with Crippen LogP contribution in [0.25, 0.3) is 0 Å². The highest BCUT2D eigenvalue weighted by atomic mass is 79.9. The Bertz CT molecular complexity index is 630. The summed E-state index contributed by atoms with van der Waals surface area (Å²) in [5.74, 6) is 0. The van der Waals surface area contributed by atoms with Gasteiger partial charge in [-0.3, -0.25) is 10.1 Å². The smallest absolute Gasteiger partial charge is 0.410 e. The molecule has 1 atom stereocenters. The summed E-state index contributed by atoms with van der Waals surface area (Å²) in [4.78, 5) is 24.6. The third-order valence-corrected chi connectivity index (χ3v) is 4.08. The molecule has 2 rings (SSSR count). The molecule has 1 N–H and O–H groups in total. The van der Waals surface area contributed by atoms with Crippen molar-refractivity contribution in [2.45, 2.75) is 45.3 Å². The van der Waals surface area contributed by atoms with Crippen LogP contribution in [0, 0.1) is 10.1 Å². The van der Waals surface area contributed by atoms with E-state index in [1.165, 1.54) is 6.07 Å². The van der Waals surface area contributed by atoms with E-state index in [4.69, 9.17) is 4.74 Å². The van der Waals surface area contributed by atoms with Gasteiger partial charge in [0.25, 0.3) is 5.69 Å². The van der Waals surface area contributed by atoms with Gasteiger partial charge < -0.3 is 15.0 Å². The largest absolute Gasteiger partial charge is 0.444 e. The van der Waals surface area contributed by atoms with Crippen LogP contribution in [-0.4, -0.2) is 40.6 Å². The number of benzene rings is 1. The van der Waals surface area contributed by atoms with E-state index in [-0.39, 0.29) is 17.8 Å². The number of halogens is 1. The highest BCUT2D eigenvalue weighted by molar-refractivity contribution is 9.10. The average molecular weight is 400 g/mol. The Morgan fingerprint density at radius 1 is 1.46 bits per heavy atom. The van der Waals surface area contributed by atoms with Gasteiger partial charge in [-0.25, -0.2) is 4.79 Å². The van der Waals surface area contributed by atoms with E-state index in [0.717, 1.165) is 17.3 Å². The Labute approximate surface area is 149 Å². The standard InChI is InChI=1S/C16H22BrN3O4/c1-16(2,3)24-15(21)19-8-4-5-12(10-19)18-13-9-11(17)6-7-14(13)20(22)23/h6-7,9,12,18H,4-5,8,10H2,1-3H3/t12-/m0/s1. The lowest BCUT2D eigenvalue weighted by atomic mass is 10.1. The minimum absolute atomic E-state index is 0.0209. The maximum Gasteiger partial charge on any atom is 0.410 e. The second kappa shape index (κ2) is 7.38. The lowest BCUT2D eigenvalue weighted by Gasteiger charge is -2.34. The van der Waals surface area contributed by atoms with Crippen molar-refractivity contribution >= 4 is 33.4 Å². The number of amides is 1. The van der Waals surface area contributed by atoms with Crippen LogP contribution in [0.1, 0.15) is 33.6 Å². The van der Waals surface area contributed by atoms with E-state index in [1.807, 2.05) is 20.8 Å². The summed E-state index contributed by atoms with van der Waals surface area (Å²) in [5, 5.41) is 14.4. The number of nitrogens with zero attached hydrogens (tertiary/aromatic N) is 2. The first-order chi connectivity index (χ1) is 11.2. The third-order valence-electron chi connectivity index (χ3n) is 3.59. The maximum atomic E-state index is 12.2. The molecular formula is C16H22BrN3O4. The van der Waals surface area contributed by atoms with E-state index >= 15 is 0 Å². The highest BCUT2D eigenvalue weighted by Gasteiger charge is 2.28. The minimum atomic E-state index is -0.541. The second-order valence-electron chi connectivity index (χ2n) is 6.83. The van der Waals surface area contributed by atoms with E-state index in [9.17, 15) is 14.9 Å². The molecule has 0 unspecified atom stereocenters. The fourth-order valence-electron chi connectivity index (χ4n) is 2.59. The van der Waals surface area contributed by atoms with Crippen LogP contribution >= 0.6 is 15.9 Å². The summed E-state index contributed by atoms with van der Waals surface area (Å²) >= 11 is 3.33. The molecule has 1 aromatic rings. The summed E-state index contributed by atoms with van der Waals surface area (Å²) in [6, 6.07) is 4.72. The van der Waals surface area contributed by atoms with E-state index in [0.29, 0.717) is 18.8 Å². The van der Waals surface area contributed by atoms with Gasteiger partial charge in [0.15, 0.2) is 0 Å². The number of anilines is 1. The van der Waals surface area contributed by atoms with Gasteiger partial charge in [-0.05, 0) is 45.7 Å². The monoisotopic (exact) mass is 399 g/mol. The summed E-state index contributed by atoms with van der Waals surface area (Å²) in [7, 11) is 0. The van der Waals surface area contributed by atoms with Gasteiger partial charge >= 0.3 is 6.09 Å². The molecule has 8 heteroatoms. The molecule has 0 aromatic heterocycles. The molecule has 1 heterocycles. The number of piperidine rings is 1. The van der Waals surface area contributed by atoms with Crippen molar-refractivity contribution in [3.8, 4) is 0 Å². The zero-order valence-electron chi connectivity index (χ0n) is 14.0. The molecule has 1 amide bonds.